The Morgan fingerprint density at radius 1 is 1.42 bits per heavy atom. The van der Waals surface area contributed by atoms with Crippen LogP contribution >= 0.6 is 0 Å². The summed E-state index contributed by atoms with van der Waals surface area (Å²) in [6.45, 7) is 2.86. The first-order chi connectivity index (χ1) is 9.22. The molecule has 0 spiro atoms. The molecular formula is C15H19N3O. The number of fused-ring (bicyclic) bond motifs is 1. The van der Waals surface area contributed by atoms with Crippen LogP contribution in [0.15, 0.2) is 30.5 Å². The smallest absolute Gasteiger partial charge is 0.224 e. The number of benzene rings is 1. The van der Waals surface area contributed by atoms with E-state index in [1.165, 1.54) is 5.39 Å². The normalized spacial score (nSPS) is 23.5. The molecule has 1 aliphatic heterocycles. The van der Waals surface area contributed by atoms with Gasteiger partial charge in [0.2, 0.25) is 5.91 Å². The lowest BCUT2D eigenvalue weighted by molar-refractivity contribution is -0.129. The van der Waals surface area contributed by atoms with Crippen LogP contribution in [0.2, 0.25) is 0 Å². The van der Waals surface area contributed by atoms with Crippen LogP contribution in [-0.4, -0.2) is 28.4 Å². The predicted octanol–water partition coefficient (Wildman–Crippen LogP) is 2.18. The fourth-order valence-corrected chi connectivity index (χ4v) is 3.06. The number of hydrogen-bond acceptors (Lipinski definition) is 2. The summed E-state index contributed by atoms with van der Waals surface area (Å²) >= 11 is 0. The molecule has 4 heteroatoms. The Labute approximate surface area is 112 Å². The summed E-state index contributed by atoms with van der Waals surface area (Å²) in [5.41, 5.74) is 8.43. The zero-order chi connectivity index (χ0) is 13.4. The van der Waals surface area contributed by atoms with Gasteiger partial charge in [-0.25, -0.2) is 0 Å². The van der Waals surface area contributed by atoms with Crippen molar-refractivity contribution in [2.45, 2.75) is 31.8 Å². The Morgan fingerprint density at radius 3 is 3.00 bits per heavy atom. The summed E-state index contributed by atoms with van der Waals surface area (Å²) in [5.74, 6) is 0.171. The molecule has 1 aromatic carbocycles. The van der Waals surface area contributed by atoms with E-state index >= 15 is 0 Å². The number of rotatable bonds is 3. The van der Waals surface area contributed by atoms with Crippen LogP contribution in [-0.2, 0) is 4.79 Å². The average molecular weight is 257 g/mol. The number of aromatic nitrogens is 1. The van der Waals surface area contributed by atoms with E-state index in [2.05, 4.69) is 18.0 Å². The molecule has 1 fully saturated rings. The Bertz CT molecular complexity index is 604. The minimum absolute atomic E-state index is 0.00333. The second kappa shape index (κ2) is 4.70. The highest BCUT2D eigenvalue weighted by molar-refractivity contribution is 5.86. The number of hydrogen-bond donors (Lipinski definition) is 2. The van der Waals surface area contributed by atoms with Crippen molar-refractivity contribution in [1.82, 2.24) is 9.88 Å². The maximum atomic E-state index is 12.1. The molecule has 100 valence electrons. The van der Waals surface area contributed by atoms with Crippen LogP contribution in [0.25, 0.3) is 10.9 Å². The fraction of sp³-hybridized carbons (Fsp3) is 0.400. The molecule has 2 unspecified atom stereocenters. The molecule has 1 aliphatic rings. The predicted molar refractivity (Wildman–Crippen MR) is 75.6 cm³/mol. The summed E-state index contributed by atoms with van der Waals surface area (Å²) in [5, 5.41) is 1.17. The molecule has 1 amide bonds. The van der Waals surface area contributed by atoms with Crippen LogP contribution in [0.1, 0.15) is 31.4 Å². The summed E-state index contributed by atoms with van der Waals surface area (Å²) < 4.78 is 0. The van der Waals surface area contributed by atoms with E-state index in [0.29, 0.717) is 6.42 Å². The summed E-state index contributed by atoms with van der Waals surface area (Å²) in [6, 6.07) is 8.05. The lowest BCUT2D eigenvalue weighted by Gasteiger charge is -2.26. The van der Waals surface area contributed by atoms with Gasteiger partial charge in [0.15, 0.2) is 0 Å². The number of amides is 1. The highest BCUT2D eigenvalue weighted by Crippen LogP contribution is 2.35. The third-order valence-corrected chi connectivity index (χ3v) is 3.88. The van der Waals surface area contributed by atoms with Gasteiger partial charge in [-0.3, -0.25) is 4.79 Å². The molecule has 2 aromatic rings. The Balaban J connectivity index is 2.06. The number of H-pyrrole nitrogens is 1. The Kier molecular flexibility index (Phi) is 3.03. The number of carbonyl (C=O) groups excluding carboxylic acids is 1. The number of likely N-dealkylation sites (tertiary alicyclic amines) is 1. The lowest BCUT2D eigenvalue weighted by Crippen LogP contribution is -2.33. The summed E-state index contributed by atoms with van der Waals surface area (Å²) in [7, 11) is 0. The van der Waals surface area contributed by atoms with Gasteiger partial charge >= 0.3 is 0 Å². The molecular weight excluding hydrogens is 238 g/mol. The van der Waals surface area contributed by atoms with Crippen molar-refractivity contribution < 1.29 is 4.79 Å². The van der Waals surface area contributed by atoms with Crippen molar-refractivity contribution in [3.63, 3.8) is 0 Å². The van der Waals surface area contributed by atoms with Crippen molar-refractivity contribution in [3.05, 3.63) is 36.0 Å². The average Bonchev–Trinajstić information content (AvgIpc) is 2.92. The van der Waals surface area contributed by atoms with Crippen LogP contribution in [0.5, 0.6) is 0 Å². The Morgan fingerprint density at radius 2 is 2.21 bits per heavy atom. The van der Waals surface area contributed by atoms with Crippen molar-refractivity contribution in [2.24, 2.45) is 5.73 Å². The Hall–Kier alpha value is -1.81. The SMILES string of the molecule is CCCN1C(=O)CC(N)C1c1c[nH]c2ccccc12. The van der Waals surface area contributed by atoms with Crippen molar-refractivity contribution in [2.75, 3.05) is 6.54 Å². The molecule has 2 atom stereocenters. The number of para-hydroxylation sites is 1. The number of nitrogens with zero attached hydrogens (tertiary/aromatic N) is 1. The number of carbonyl (C=O) groups is 1. The van der Waals surface area contributed by atoms with E-state index in [1.54, 1.807) is 0 Å². The van der Waals surface area contributed by atoms with Gasteiger partial charge in [0.25, 0.3) is 0 Å². The highest BCUT2D eigenvalue weighted by Gasteiger charge is 2.39. The minimum atomic E-state index is -0.113. The third-order valence-electron chi connectivity index (χ3n) is 3.88. The molecule has 19 heavy (non-hydrogen) atoms. The lowest BCUT2D eigenvalue weighted by atomic mass is 10.00. The van der Waals surface area contributed by atoms with Crippen LogP contribution < -0.4 is 5.73 Å². The van der Waals surface area contributed by atoms with Gasteiger partial charge in [-0.15, -0.1) is 0 Å². The monoisotopic (exact) mass is 257 g/mol. The second-order valence-corrected chi connectivity index (χ2v) is 5.19. The topological polar surface area (TPSA) is 62.1 Å². The van der Waals surface area contributed by atoms with Gasteiger partial charge in [-0.1, -0.05) is 25.1 Å². The van der Waals surface area contributed by atoms with E-state index in [0.717, 1.165) is 24.0 Å². The van der Waals surface area contributed by atoms with Crippen molar-refractivity contribution >= 4 is 16.8 Å². The largest absolute Gasteiger partial charge is 0.361 e. The molecule has 2 heterocycles. The van der Waals surface area contributed by atoms with E-state index in [-0.39, 0.29) is 18.0 Å². The number of nitrogens with two attached hydrogens (primary N) is 1. The first kappa shape index (κ1) is 12.2. The van der Waals surface area contributed by atoms with Crippen LogP contribution in [0.3, 0.4) is 0 Å². The maximum Gasteiger partial charge on any atom is 0.224 e. The zero-order valence-corrected chi connectivity index (χ0v) is 11.1. The molecule has 0 aliphatic carbocycles. The standard InChI is InChI=1S/C15H19N3O/c1-2-7-18-14(19)8-12(16)15(18)11-9-17-13-6-4-3-5-10(11)13/h3-6,9,12,15,17H,2,7-8,16H2,1H3. The zero-order valence-electron chi connectivity index (χ0n) is 11.1. The van der Waals surface area contributed by atoms with Crippen LogP contribution in [0.4, 0.5) is 0 Å². The molecule has 1 aromatic heterocycles. The first-order valence-electron chi connectivity index (χ1n) is 6.83. The van der Waals surface area contributed by atoms with Gasteiger partial charge < -0.3 is 15.6 Å². The number of aromatic amines is 1. The molecule has 1 saturated heterocycles. The highest BCUT2D eigenvalue weighted by atomic mass is 16.2. The molecule has 3 N–H and O–H groups in total. The molecule has 3 rings (SSSR count). The van der Waals surface area contributed by atoms with Gasteiger partial charge in [0.1, 0.15) is 0 Å². The maximum absolute atomic E-state index is 12.1. The third kappa shape index (κ3) is 1.92. The number of nitrogens with one attached hydrogen (secondary N) is 1. The summed E-state index contributed by atoms with van der Waals surface area (Å²) in [6.07, 6.45) is 3.40. The molecule has 0 radical (unpaired) electrons. The van der Waals surface area contributed by atoms with Crippen LogP contribution in [0, 0.1) is 0 Å². The van der Waals surface area contributed by atoms with Gasteiger partial charge in [-0.2, -0.15) is 0 Å². The van der Waals surface area contributed by atoms with Crippen molar-refractivity contribution in [3.8, 4) is 0 Å². The quantitative estimate of drug-likeness (QED) is 0.885. The fourth-order valence-electron chi connectivity index (χ4n) is 3.06. The van der Waals surface area contributed by atoms with Gasteiger partial charge in [0.05, 0.1) is 6.04 Å². The van der Waals surface area contributed by atoms with E-state index in [4.69, 9.17) is 5.73 Å². The van der Waals surface area contributed by atoms with E-state index in [1.807, 2.05) is 29.3 Å². The van der Waals surface area contributed by atoms with Gasteiger partial charge in [-0.05, 0) is 12.5 Å². The second-order valence-electron chi connectivity index (χ2n) is 5.19. The minimum Gasteiger partial charge on any atom is -0.361 e. The molecule has 0 saturated carbocycles. The molecule has 4 nitrogen and oxygen atoms in total. The molecule has 0 bridgehead atoms. The van der Waals surface area contributed by atoms with E-state index in [9.17, 15) is 4.79 Å². The van der Waals surface area contributed by atoms with Crippen molar-refractivity contribution in [1.29, 1.82) is 0 Å². The summed E-state index contributed by atoms with van der Waals surface area (Å²) in [4.78, 5) is 17.3. The van der Waals surface area contributed by atoms with Gasteiger partial charge in [0, 0.05) is 41.7 Å². The van der Waals surface area contributed by atoms with E-state index < -0.39 is 0 Å². The first-order valence-corrected chi connectivity index (χ1v) is 6.83.